The number of benzene rings is 3. The minimum Gasteiger partial charge on any atom is -0.493 e. The van der Waals surface area contributed by atoms with Crippen LogP contribution in [0.2, 0.25) is 0 Å². The fraction of sp³-hybridized carbons (Fsp3) is 0.310. The minimum atomic E-state index is -3.75. The Morgan fingerprint density at radius 3 is 2.27 bits per heavy atom. The number of amides is 1. The number of sulfonamides is 1. The third kappa shape index (κ3) is 6.44. The summed E-state index contributed by atoms with van der Waals surface area (Å²) in [7, 11) is -0.609. The summed E-state index contributed by atoms with van der Waals surface area (Å²) in [5.41, 5.74) is 2.03. The molecule has 0 saturated heterocycles. The lowest BCUT2D eigenvalue weighted by Crippen LogP contribution is -2.30. The van der Waals surface area contributed by atoms with Gasteiger partial charge in [0.1, 0.15) is 0 Å². The SMILES string of the molecule is CCOCCn1c(=NC(=O)c2ccc(S(=O)(=O)N(CC)Cc3ccccc3)cc2)sc2cc(OC)c(OC)cc21. The number of carbonyl (C=O) groups excluding carboxylic acids is 1. The van der Waals surface area contributed by atoms with Gasteiger partial charge in [-0.25, -0.2) is 8.42 Å². The quantitative estimate of drug-likeness (QED) is 0.224. The third-order valence-electron chi connectivity index (χ3n) is 6.34. The second kappa shape index (κ2) is 13.2. The van der Waals surface area contributed by atoms with Gasteiger partial charge in [0.15, 0.2) is 16.3 Å². The molecule has 0 fully saturated rings. The lowest BCUT2D eigenvalue weighted by atomic mass is 10.2. The van der Waals surface area contributed by atoms with Crippen molar-refractivity contribution in [3.05, 3.63) is 82.7 Å². The maximum Gasteiger partial charge on any atom is 0.279 e. The minimum absolute atomic E-state index is 0.120. The van der Waals surface area contributed by atoms with Gasteiger partial charge in [0.05, 0.1) is 35.9 Å². The number of rotatable bonds is 12. The number of thiazole rings is 1. The molecule has 1 heterocycles. The van der Waals surface area contributed by atoms with Gasteiger partial charge in [-0.3, -0.25) is 4.79 Å². The van der Waals surface area contributed by atoms with Crippen LogP contribution in [0.1, 0.15) is 29.8 Å². The molecule has 212 valence electrons. The fourth-order valence-electron chi connectivity index (χ4n) is 4.22. The van der Waals surface area contributed by atoms with E-state index >= 15 is 0 Å². The van der Waals surface area contributed by atoms with Gasteiger partial charge in [-0.1, -0.05) is 48.6 Å². The zero-order valence-electron chi connectivity index (χ0n) is 23.0. The summed E-state index contributed by atoms with van der Waals surface area (Å²) in [5.74, 6) is 0.675. The highest BCUT2D eigenvalue weighted by atomic mass is 32.2. The van der Waals surface area contributed by atoms with Crippen molar-refractivity contribution in [2.75, 3.05) is 34.0 Å². The van der Waals surface area contributed by atoms with Crippen LogP contribution >= 0.6 is 11.3 Å². The Hall–Kier alpha value is -3.51. The number of fused-ring (bicyclic) bond motifs is 1. The highest BCUT2D eigenvalue weighted by molar-refractivity contribution is 7.89. The van der Waals surface area contributed by atoms with Gasteiger partial charge in [0, 0.05) is 43.9 Å². The monoisotopic (exact) mass is 583 g/mol. The van der Waals surface area contributed by atoms with Crippen LogP contribution in [0.15, 0.2) is 76.6 Å². The molecule has 0 aliphatic rings. The van der Waals surface area contributed by atoms with Crippen molar-refractivity contribution >= 4 is 37.5 Å². The molecule has 1 aromatic heterocycles. The normalized spacial score (nSPS) is 12.3. The Balaban J connectivity index is 1.65. The zero-order valence-corrected chi connectivity index (χ0v) is 24.6. The molecule has 9 nitrogen and oxygen atoms in total. The maximum atomic E-state index is 13.3. The van der Waals surface area contributed by atoms with E-state index in [0.717, 1.165) is 15.8 Å². The second-order valence-corrected chi connectivity index (χ2v) is 11.7. The molecule has 1 amide bonds. The van der Waals surface area contributed by atoms with E-state index in [1.54, 1.807) is 21.1 Å². The van der Waals surface area contributed by atoms with Crippen LogP contribution < -0.4 is 14.3 Å². The molecule has 0 bridgehead atoms. The first-order valence-electron chi connectivity index (χ1n) is 12.9. The maximum absolute atomic E-state index is 13.3. The van der Waals surface area contributed by atoms with Crippen molar-refractivity contribution in [2.45, 2.75) is 31.8 Å². The van der Waals surface area contributed by atoms with Gasteiger partial charge in [0.25, 0.3) is 5.91 Å². The van der Waals surface area contributed by atoms with Gasteiger partial charge in [0.2, 0.25) is 10.0 Å². The smallest absolute Gasteiger partial charge is 0.279 e. The fourth-order valence-corrected chi connectivity index (χ4v) is 6.72. The first-order chi connectivity index (χ1) is 19.3. The molecular weight excluding hydrogens is 550 g/mol. The van der Waals surface area contributed by atoms with Gasteiger partial charge in [-0.2, -0.15) is 9.30 Å². The average molecular weight is 584 g/mol. The second-order valence-electron chi connectivity index (χ2n) is 8.77. The molecule has 0 N–H and O–H groups in total. The Bertz CT molecular complexity index is 1630. The summed E-state index contributed by atoms with van der Waals surface area (Å²) in [6.45, 7) is 5.80. The third-order valence-corrected chi connectivity index (χ3v) is 9.32. The van der Waals surface area contributed by atoms with Crippen molar-refractivity contribution in [2.24, 2.45) is 4.99 Å². The van der Waals surface area contributed by atoms with Crippen LogP contribution in [0.5, 0.6) is 11.5 Å². The number of ether oxygens (including phenoxy) is 3. The molecule has 4 aromatic rings. The molecular formula is C29H33N3O6S2. The van der Waals surface area contributed by atoms with Crippen LogP contribution in [-0.4, -0.2) is 57.2 Å². The van der Waals surface area contributed by atoms with Crippen molar-refractivity contribution in [3.63, 3.8) is 0 Å². The average Bonchev–Trinajstić information content (AvgIpc) is 3.31. The van der Waals surface area contributed by atoms with Crippen LogP contribution in [0, 0.1) is 0 Å². The summed E-state index contributed by atoms with van der Waals surface area (Å²) in [5, 5.41) is 0. The molecule has 40 heavy (non-hydrogen) atoms. The van der Waals surface area contributed by atoms with Gasteiger partial charge in [-0.05, 0) is 36.8 Å². The molecule has 3 aromatic carbocycles. The van der Waals surface area contributed by atoms with E-state index in [0.29, 0.717) is 42.6 Å². The summed E-state index contributed by atoms with van der Waals surface area (Å²) < 4.78 is 47.2. The Morgan fingerprint density at radius 1 is 0.975 bits per heavy atom. The van der Waals surface area contributed by atoms with E-state index in [-0.39, 0.29) is 17.0 Å². The lowest BCUT2D eigenvalue weighted by molar-refractivity contribution is 0.0996. The zero-order chi connectivity index (χ0) is 28.7. The molecule has 0 aliphatic heterocycles. The van der Waals surface area contributed by atoms with E-state index in [4.69, 9.17) is 14.2 Å². The molecule has 0 spiro atoms. The standard InChI is InChI=1S/C29H33N3O6S2/c1-5-31(20-21-10-8-7-9-11-21)40(34,35)23-14-12-22(13-15-23)28(33)30-29-32(16-17-38-6-2)24-18-25(36-3)26(37-4)19-27(24)39-29/h7-15,18-19H,5-6,16-17,20H2,1-4H3. The van der Waals surface area contributed by atoms with Crippen LogP contribution in [0.25, 0.3) is 10.2 Å². The predicted molar refractivity (Wildman–Crippen MR) is 155 cm³/mol. The Morgan fingerprint density at radius 2 is 1.65 bits per heavy atom. The highest BCUT2D eigenvalue weighted by Gasteiger charge is 2.23. The molecule has 0 saturated carbocycles. The molecule has 0 atom stereocenters. The lowest BCUT2D eigenvalue weighted by Gasteiger charge is -2.20. The highest BCUT2D eigenvalue weighted by Crippen LogP contribution is 2.33. The van der Waals surface area contributed by atoms with E-state index in [1.807, 2.05) is 54.0 Å². The molecule has 0 unspecified atom stereocenters. The first-order valence-corrected chi connectivity index (χ1v) is 15.1. The number of carbonyl (C=O) groups is 1. The molecule has 0 radical (unpaired) electrons. The number of aromatic nitrogens is 1. The summed E-state index contributed by atoms with van der Waals surface area (Å²) in [6.07, 6.45) is 0. The molecule has 4 rings (SSSR count). The summed E-state index contributed by atoms with van der Waals surface area (Å²) in [4.78, 5) is 18.2. The number of nitrogens with zero attached hydrogens (tertiary/aromatic N) is 3. The number of hydrogen-bond donors (Lipinski definition) is 0. The predicted octanol–water partition coefficient (Wildman–Crippen LogP) is 4.71. The topological polar surface area (TPSA) is 99.4 Å². The summed E-state index contributed by atoms with van der Waals surface area (Å²) >= 11 is 1.35. The van der Waals surface area contributed by atoms with Crippen LogP contribution in [-0.2, 0) is 27.8 Å². The number of methoxy groups -OCH3 is 2. The van der Waals surface area contributed by atoms with Gasteiger partial charge in [-0.15, -0.1) is 0 Å². The van der Waals surface area contributed by atoms with Crippen molar-refractivity contribution < 1.29 is 27.4 Å². The van der Waals surface area contributed by atoms with Crippen molar-refractivity contribution in [3.8, 4) is 11.5 Å². The van der Waals surface area contributed by atoms with E-state index in [2.05, 4.69) is 4.99 Å². The van der Waals surface area contributed by atoms with E-state index < -0.39 is 15.9 Å². The molecule has 11 heteroatoms. The molecule has 0 aliphatic carbocycles. The number of hydrogen-bond acceptors (Lipinski definition) is 7. The Labute approximate surface area is 238 Å². The van der Waals surface area contributed by atoms with Crippen molar-refractivity contribution in [1.82, 2.24) is 8.87 Å². The largest absolute Gasteiger partial charge is 0.493 e. The van der Waals surface area contributed by atoms with Gasteiger partial charge < -0.3 is 18.8 Å². The van der Waals surface area contributed by atoms with Crippen molar-refractivity contribution in [1.29, 1.82) is 0 Å². The van der Waals surface area contributed by atoms with Crippen LogP contribution in [0.3, 0.4) is 0 Å². The van der Waals surface area contributed by atoms with E-state index in [1.165, 1.54) is 39.9 Å². The first kappa shape index (κ1) is 29.5. The van der Waals surface area contributed by atoms with Gasteiger partial charge >= 0.3 is 0 Å². The van der Waals surface area contributed by atoms with Crippen LogP contribution in [0.4, 0.5) is 0 Å². The van der Waals surface area contributed by atoms with E-state index in [9.17, 15) is 13.2 Å². The summed E-state index contributed by atoms with van der Waals surface area (Å²) in [6, 6.07) is 19.0. The Kier molecular flexibility index (Phi) is 9.75.